The average molecular weight is 254 g/mol. The Labute approximate surface area is 103 Å². The number of carbonyl (C=O) groups is 1. The Bertz CT molecular complexity index is 505. The highest BCUT2D eigenvalue weighted by Gasteiger charge is 2.15. The van der Waals surface area contributed by atoms with Crippen molar-refractivity contribution in [3.8, 4) is 0 Å². The summed E-state index contributed by atoms with van der Waals surface area (Å²) in [5, 5.41) is 7.11. The van der Waals surface area contributed by atoms with Crippen LogP contribution in [0, 0.1) is 0 Å². The van der Waals surface area contributed by atoms with Crippen molar-refractivity contribution in [3.63, 3.8) is 0 Å². The molecule has 0 unspecified atom stereocenters. The van der Waals surface area contributed by atoms with Crippen molar-refractivity contribution in [1.82, 2.24) is 15.1 Å². The quantitative estimate of drug-likeness (QED) is 0.908. The zero-order valence-electron chi connectivity index (χ0n) is 9.31. The summed E-state index contributed by atoms with van der Waals surface area (Å²) in [5.41, 5.74) is 0.236. The van der Waals surface area contributed by atoms with Gasteiger partial charge >= 0.3 is 0 Å². The Kier molecular flexibility index (Phi) is 3.49. The average Bonchev–Trinajstić information content (AvgIpc) is 2.94. The summed E-state index contributed by atoms with van der Waals surface area (Å²) in [6.07, 6.45) is 3.18. The van der Waals surface area contributed by atoms with Gasteiger partial charge in [0.1, 0.15) is 5.76 Å². The van der Waals surface area contributed by atoms with Crippen molar-refractivity contribution >= 4 is 17.5 Å². The molecule has 0 aromatic carbocycles. The van der Waals surface area contributed by atoms with E-state index >= 15 is 0 Å². The predicted molar refractivity (Wildman–Crippen MR) is 62.8 cm³/mol. The van der Waals surface area contributed by atoms with Crippen LogP contribution in [0.5, 0.6) is 0 Å². The fourth-order valence-corrected chi connectivity index (χ4v) is 1.61. The van der Waals surface area contributed by atoms with E-state index in [-0.39, 0.29) is 11.6 Å². The molecule has 2 heterocycles. The first-order valence-corrected chi connectivity index (χ1v) is 5.62. The summed E-state index contributed by atoms with van der Waals surface area (Å²) in [6, 6.07) is 3.55. The van der Waals surface area contributed by atoms with Gasteiger partial charge in [0.15, 0.2) is 5.69 Å². The third-order valence-electron chi connectivity index (χ3n) is 2.26. The van der Waals surface area contributed by atoms with Gasteiger partial charge in [-0.05, 0) is 19.1 Å². The van der Waals surface area contributed by atoms with E-state index in [9.17, 15) is 4.79 Å². The van der Waals surface area contributed by atoms with E-state index in [4.69, 9.17) is 16.0 Å². The number of rotatable bonds is 4. The Morgan fingerprint density at radius 2 is 2.47 bits per heavy atom. The van der Waals surface area contributed by atoms with Crippen LogP contribution in [-0.4, -0.2) is 15.7 Å². The van der Waals surface area contributed by atoms with Gasteiger partial charge in [-0.1, -0.05) is 11.6 Å². The molecule has 0 atom stereocenters. The van der Waals surface area contributed by atoms with Crippen molar-refractivity contribution in [1.29, 1.82) is 0 Å². The SMILES string of the molecule is CCn1cc(Cl)c(C(=O)NCc2ccco2)n1. The van der Waals surface area contributed by atoms with Crippen LogP contribution < -0.4 is 5.32 Å². The van der Waals surface area contributed by atoms with E-state index in [0.29, 0.717) is 23.9 Å². The number of nitrogens with one attached hydrogen (secondary N) is 1. The van der Waals surface area contributed by atoms with Crippen molar-refractivity contribution in [3.05, 3.63) is 41.1 Å². The van der Waals surface area contributed by atoms with Crippen LogP contribution in [0.4, 0.5) is 0 Å². The van der Waals surface area contributed by atoms with Gasteiger partial charge in [0.05, 0.1) is 17.8 Å². The molecule has 2 aromatic rings. The van der Waals surface area contributed by atoms with E-state index in [1.807, 2.05) is 6.92 Å². The van der Waals surface area contributed by atoms with E-state index in [2.05, 4.69) is 10.4 Å². The van der Waals surface area contributed by atoms with Crippen LogP contribution in [0.2, 0.25) is 5.02 Å². The molecule has 17 heavy (non-hydrogen) atoms. The molecule has 0 saturated heterocycles. The van der Waals surface area contributed by atoms with E-state index in [1.165, 1.54) is 0 Å². The summed E-state index contributed by atoms with van der Waals surface area (Å²) < 4.78 is 6.72. The molecule has 1 N–H and O–H groups in total. The van der Waals surface area contributed by atoms with Crippen LogP contribution in [0.1, 0.15) is 23.2 Å². The molecule has 0 aliphatic rings. The Morgan fingerprint density at radius 3 is 3.06 bits per heavy atom. The third-order valence-corrected chi connectivity index (χ3v) is 2.54. The van der Waals surface area contributed by atoms with E-state index < -0.39 is 0 Å². The zero-order valence-corrected chi connectivity index (χ0v) is 10.1. The summed E-state index contributed by atoms with van der Waals surface area (Å²) in [5.74, 6) is 0.378. The molecule has 0 spiro atoms. The van der Waals surface area contributed by atoms with Crippen LogP contribution in [0.25, 0.3) is 0 Å². The first-order chi connectivity index (χ1) is 8.20. The molecule has 2 aromatic heterocycles. The Morgan fingerprint density at radius 1 is 1.65 bits per heavy atom. The van der Waals surface area contributed by atoms with E-state index in [0.717, 1.165) is 0 Å². The first-order valence-electron chi connectivity index (χ1n) is 5.24. The van der Waals surface area contributed by atoms with Crippen LogP contribution in [0.15, 0.2) is 29.0 Å². The largest absolute Gasteiger partial charge is 0.467 e. The lowest BCUT2D eigenvalue weighted by atomic mass is 10.4. The maximum Gasteiger partial charge on any atom is 0.273 e. The maximum atomic E-state index is 11.8. The normalized spacial score (nSPS) is 10.5. The van der Waals surface area contributed by atoms with Gasteiger partial charge in [-0.15, -0.1) is 0 Å². The van der Waals surface area contributed by atoms with Crippen molar-refractivity contribution in [2.75, 3.05) is 0 Å². The highest BCUT2D eigenvalue weighted by molar-refractivity contribution is 6.33. The van der Waals surface area contributed by atoms with Crippen molar-refractivity contribution in [2.24, 2.45) is 0 Å². The molecule has 5 nitrogen and oxygen atoms in total. The molecular weight excluding hydrogens is 242 g/mol. The molecule has 6 heteroatoms. The molecule has 0 aliphatic carbocycles. The fourth-order valence-electron chi connectivity index (χ4n) is 1.38. The minimum atomic E-state index is -0.307. The highest BCUT2D eigenvalue weighted by Crippen LogP contribution is 2.13. The molecule has 90 valence electrons. The Hall–Kier alpha value is -1.75. The Balaban J connectivity index is 2.01. The second-order valence-electron chi connectivity index (χ2n) is 3.44. The predicted octanol–water partition coefficient (Wildman–Crippen LogP) is 2.08. The van der Waals surface area contributed by atoms with Crippen LogP contribution in [-0.2, 0) is 13.1 Å². The lowest BCUT2D eigenvalue weighted by Crippen LogP contribution is -2.23. The molecule has 0 bridgehead atoms. The van der Waals surface area contributed by atoms with Gasteiger partial charge < -0.3 is 9.73 Å². The number of carbonyl (C=O) groups excluding carboxylic acids is 1. The van der Waals surface area contributed by atoms with Gasteiger partial charge in [-0.2, -0.15) is 5.10 Å². The third kappa shape index (κ3) is 2.68. The first kappa shape index (κ1) is 11.7. The number of nitrogens with zero attached hydrogens (tertiary/aromatic N) is 2. The molecule has 0 fully saturated rings. The van der Waals surface area contributed by atoms with Crippen LogP contribution >= 0.6 is 11.6 Å². The molecule has 0 radical (unpaired) electrons. The number of halogens is 1. The van der Waals surface area contributed by atoms with Gasteiger partial charge in [-0.25, -0.2) is 0 Å². The standard InChI is InChI=1S/C11H12ClN3O2/c1-2-15-7-9(12)10(14-15)11(16)13-6-8-4-3-5-17-8/h3-5,7H,2,6H2,1H3,(H,13,16). The smallest absolute Gasteiger partial charge is 0.273 e. The lowest BCUT2D eigenvalue weighted by Gasteiger charge is -2.00. The number of aromatic nitrogens is 2. The number of hydrogen-bond acceptors (Lipinski definition) is 3. The highest BCUT2D eigenvalue weighted by atomic mass is 35.5. The minimum Gasteiger partial charge on any atom is -0.467 e. The molecular formula is C11H12ClN3O2. The summed E-state index contributed by atoms with van der Waals surface area (Å²) in [6.45, 7) is 2.92. The van der Waals surface area contributed by atoms with Crippen molar-refractivity contribution in [2.45, 2.75) is 20.0 Å². The van der Waals surface area contributed by atoms with Gasteiger partial charge in [-0.3, -0.25) is 9.48 Å². The van der Waals surface area contributed by atoms with Gasteiger partial charge in [0, 0.05) is 12.7 Å². The van der Waals surface area contributed by atoms with Gasteiger partial charge in [0.2, 0.25) is 0 Å². The molecule has 0 saturated carbocycles. The summed E-state index contributed by atoms with van der Waals surface area (Å²) in [7, 11) is 0. The summed E-state index contributed by atoms with van der Waals surface area (Å²) >= 11 is 5.91. The van der Waals surface area contributed by atoms with Crippen LogP contribution in [0.3, 0.4) is 0 Å². The number of aryl methyl sites for hydroxylation is 1. The van der Waals surface area contributed by atoms with Crippen molar-refractivity contribution < 1.29 is 9.21 Å². The number of furan rings is 1. The molecule has 0 aliphatic heterocycles. The van der Waals surface area contributed by atoms with E-state index in [1.54, 1.807) is 29.3 Å². The monoisotopic (exact) mass is 253 g/mol. The second kappa shape index (κ2) is 5.05. The summed E-state index contributed by atoms with van der Waals surface area (Å²) in [4.78, 5) is 11.8. The second-order valence-corrected chi connectivity index (χ2v) is 3.85. The number of hydrogen-bond donors (Lipinski definition) is 1. The zero-order chi connectivity index (χ0) is 12.3. The minimum absolute atomic E-state index is 0.236. The maximum absolute atomic E-state index is 11.8. The number of amides is 1. The van der Waals surface area contributed by atoms with Gasteiger partial charge in [0.25, 0.3) is 5.91 Å². The molecule has 2 rings (SSSR count). The topological polar surface area (TPSA) is 60.1 Å². The fraction of sp³-hybridized carbons (Fsp3) is 0.273. The lowest BCUT2D eigenvalue weighted by molar-refractivity contribution is 0.0942. The molecule has 1 amide bonds.